The van der Waals surface area contributed by atoms with Crippen LogP contribution in [0.2, 0.25) is 5.02 Å². The van der Waals surface area contributed by atoms with Crippen molar-refractivity contribution >= 4 is 23.1 Å². The molecule has 0 aromatic heterocycles. The second kappa shape index (κ2) is 8.84. The summed E-state index contributed by atoms with van der Waals surface area (Å²) < 4.78 is 0. The zero-order valence-electron chi connectivity index (χ0n) is 14.6. The maximum atomic E-state index is 11.2. The molecule has 1 aliphatic rings. The number of carboxylic acids is 1. The number of carbonyl (C=O) groups is 1. The fraction of sp³-hybridized carbons (Fsp3) is 0.227. The molecular formula is C22H22ClNO2. The summed E-state index contributed by atoms with van der Waals surface area (Å²) in [5, 5.41) is 9.89. The molecular weight excluding hydrogens is 346 g/mol. The molecule has 0 saturated heterocycles. The monoisotopic (exact) mass is 367 g/mol. The molecule has 4 heteroatoms. The summed E-state index contributed by atoms with van der Waals surface area (Å²) in [4.78, 5) is 13.4. The van der Waals surface area contributed by atoms with E-state index in [1.807, 2.05) is 42.5 Å². The van der Waals surface area contributed by atoms with E-state index in [-0.39, 0.29) is 0 Å². The van der Waals surface area contributed by atoms with Gasteiger partial charge in [-0.15, -0.1) is 0 Å². The highest BCUT2D eigenvalue weighted by molar-refractivity contribution is 6.30. The smallest absolute Gasteiger partial charge is 0.332 e. The summed E-state index contributed by atoms with van der Waals surface area (Å²) in [5.41, 5.74) is 3.89. The molecule has 0 amide bonds. The van der Waals surface area contributed by atoms with Crippen molar-refractivity contribution in [3.8, 4) is 0 Å². The number of benzene rings is 2. The standard InChI is InChI=1S/C22H22ClNO2/c23-20-11-4-9-18(15-20)21(17-7-2-1-3-8-17)12-6-14-24-13-5-10-19(16-24)22(25)26/h1-4,7-12,15H,5-6,13-14,16H2,(H,25,26). The van der Waals surface area contributed by atoms with Gasteiger partial charge in [0.25, 0.3) is 0 Å². The first-order valence-corrected chi connectivity index (χ1v) is 9.17. The normalized spacial score (nSPS) is 15.6. The first kappa shape index (κ1) is 18.4. The van der Waals surface area contributed by atoms with Crippen LogP contribution in [0.4, 0.5) is 0 Å². The molecule has 2 aromatic rings. The van der Waals surface area contributed by atoms with Crippen molar-refractivity contribution in [2.75, 3.05) is 19.6 Å². The largest absolute Gasteiger partial charge is 0.478 e. The molecule has 2 aromatic carbocycles. The van der Waals surface area contributed by atoms with Crippen molar-refractivity contribution in [3.05, 3.63) is 88.5 Å². The van der Waals surface area contributed by atoms with Crippen molar-refractivity contribution in [1.82, 2.24) is 4.90 Å². The predicted molar refractivity (Wildman–Crippen MR) is 106 cm³/mol. The molecule has 3 rings (SSSR count). The lowest BCUT2D eigenvalue weighted by atomic mass is 9.97. The minimum absolute atomic E-state index is 0.498. The van der Waals surface area contributed by atoms with E-state index in [0.717, 1.165) is 47.7 Å². The molecule has 0 aliphatic carbocycles. The van der Waals surface area contributed by atoms with Crippen molar-refractivity contribution in [3.63, 3.8) is 0 Å². The van der Waals surface area contributed by atoms with Crippen LogP contribution in [0.25, 0.3) is 5.57 Å². The van der Waals surface area contributed by atoms with Gasteiger partial charge in [-0.3, -0.25) is 4.90 Å². The molecule has 0 fully saturated rings. The average molecular weight is 368 g/mol. The Labute approximate surface area is 159 Å². The van der Waals surface area contributed by atoms with E-state index in [9.17, 15) is 9.90 Å². The molecule has 1 aliphatic heterocycles. The van der Waals surface area contributed by atoms with Gasteiger partial charge in [-0.25, -0.2) is 4.79 Å². The lowest BCUT2D eigenvalue weighted by molar-refractivity contribution is -0.133. The van der Waals surface area contributed by atoms with Crippen LogP contribution in [0.1, 0.15) is 24.0 Å². The van der Waals surface area contributed by atoms with Gasteiger partial charge in [-0.2, -0.15) is 0 Å². The zero-order valence-corrected chi connectivity index (χ0v) is 15.3. The summed E-state index contributed by atoms with van der Waals surface area (Å²) in [5.74, 6) is -0.811. The molecule has 0 spiro atoms. The Balaban J connectivity index is 1.75. The number of carboxylic acid groups (broad SMARTS) is 1. The minimum atomic E-state index is -0.811. The van der Waals surface area contributed by atoms with Crippen molar-refractivity contribution < 1.29 is 9.90 Å². The van der Waals surface area contributed by atoms with E-state index in [4.69, 9.17) is 11.6 Å². The number of rotatable bonds is 6. The Morgan fingerprint density at radius 3 is 2.62 bits per heavy atom. The van der Waals surface area contributed by atoms with Gasteiger partial charge < -0.3 is 5.11 Å². The predicted octanol–water partition coefficient (Wildman–Crippen LogP) is 4.88. The van der Waals surface area contributed by atoms with Crippen molar-refractivity contribution in [1.29, 1.82) is 0 Å². The average Bonchev–Trinajstić information content (AvgIpc) is 2.66. The van der Waals surface area contributed by atoms with Crippen LogP contribution in [-0.2, 0) is 4.79 Å². The highest BCUT2D eigenvalue weighted by Crippen LogP contribution is 2.26. The molecule has 0 radical (unpaired) electrons. The summed E-state index contributed by atoms with van der Waals surface area (Å²) in [6.45, 7) is 2.25. The summed E-state index contributed by atoms with van der Waals surface area (Å²) in [7, 11) is 0. The quantitative estimate of drug-likeness (QED) is 0.791. The fourth-order valence-electron chi connectivity index (χ4n) is 3.22. The summed E-state index contributed by atoms with van der Waals surface area (Å²) in [6.07, 6.45) is 5.70. The Morgan fingerprint density at radius 2 is 1.88 bits per heavy atom. The maximum Gasteiger partial charge on any atom is 0.332 e. The van der Waals surface area contributed by atoms with Crippen LogP contribution in [0.3, 0.4) is 0 Å². The second-order valence-corrected chi connectivity index (χ2v) is 6.82. The van der Waals surface area contributed by atoms with E-state index in [1.165, 1.54) is 0 Å². The van der Waals surface area contributed by atoms with E-state index < -0.39 is 5.97 Å². The maximum absolute atomic E-state index is 11.2. The topological polar surface area (TPSA) is 40.5 Å². The molecule has 1 N–H and O–H groups in total. The number of hydrogen-bond acceptors (Lipinski definition) is 2. The molecule has 134 valence electrons. The van der Waals surface area contributed by atoms with Gasteiger partial charge in [0.2, 0.25) is 0 Å². The van der Waals surface area contributed by atoms with Gasteiger partial charge in [-0.05, 0) is 41.7 Å². The minimum Gasteiger partial charge on any atom is -0.478 e. The third kappa shape index (κ3) is 4.84. The van der Waals surface area contributed by atoms with E-state index >= 15 is 0 Å². The van der Waals surface area contributed by atoms with Crippen LogP contribution >= 0.6 is 11.6 Å². The zero-order chi connectivity index (χ0) is 18.4. The van der Waals surface area contributed by atoms with Gasteiger partial charge in [-0.1, -0.05) is 66.2 Å². The van der Waals surface area contributed by atoms with Crippen molar-refractivity contribution in [2.24, 2.45) is 0 Å². The van der Waals surface area contributed by atoms with Crippen LogP contribution in [0.5, 0.6) is 0 Å². The molecule has 1 heterocycles. The van der Waals surface area contributed by atoms with E-state index in [0.29, 0.717) is 12.1 Å². The number of aliphatic carboxylic acids is 1. The molecule has 26 heavy (non-hydrogen) atoms. The highest BCUT2D eigenvalue weighted by atomic mass is 35.5. The van der Waals surface area contributed by atoms with E-state index in [2.05, 4.69) is 29.2 Å². The van der Waals surface area contributed by atoms with Gasteiger partial charge in [0, 0.05) is 30.2 Å². The molecule has 0 bridgehead atoms. The third-order valence-corrected chi connectivity index (χ3v) is 4.75. The fourth-order valence-corrected chi connectivity index (χ4v) is 3.41. The highest BCUT2D eigenvalue weighted by Gasteiger charge is 2.16. The number of hydrogen-bond donors (Lipinski definition) is 1. The van der Waals surface area contributed by atoms with E-state index in [1.54, 1.807) is 0 Å². The summed E-state index contributed by atoms with van der Waals surface area (Å²) >= 11 is 6.18. The molecule has 0 unspecified atom stereocenters. The number of halogens is 1. The first-order chi connectivity index (χ1) is 12.6. The Morgan fingerprint density at radius 1 is 1.12 bits per heavy atom. The molecule has 0 atom stereocenters. The summed E-state index contributed by atoms with van der Waals surface area (Å²) in [6, 6.07) is 18.1. The first-order valence-electron chi connectivity index (χ1n) is 8.79. The molecule has 0 saturated carbocycles. The SMILES string of the molecule is O=C(O)C1=CCCN(CCC=C(c2ccccc2)c2cccc(Cl)c2)C1. The molecule has 3 nitrogen and oxygen atoms in total. The van der Waals surface area contributed by atoms with Crippen molar-refractivity contribution in [2.45, 2.75) is 12.8 Å². The second-order valence-electron chi connectivity index (χ2n) is 6.38. The third-order valence-electron chi connectivity index (χ3n) is 4.52. The van der Waals surface area contributed by atoms with Gasteiger partial charge in [0.1, 0.15) is 0 Å². The van der Waals surface area contributed by atoms with Gasteiger partial charge in [0.15, 0.2) is 0 Å². The van der Waals surface area contributed by atoms with Crippen LogP contribution in [0.15, 0.2) is 72.3 Å². The Bertz CT molecular complexity index is 827. The van der Waals surface area contributed by atoms with Gasteiger partial charge in [0.05, 0.1) is 0 Å². The van der Waals surface area contributed by atoms with Gasteiger partial charge >= 0.3 is 5.97 Å². The number of nitrogens with zero attached hydrogens (tertiary/aromatic N) is 1. The Hall–Kier alpha value is -2.36. The van der Waals surface area contributed by atoms with Crippen LogP contribution < -0.4 is 0 Å². The lowest BCUT2D eigenvalue weighted by Gasteiger charge is -2.25. The lowest BCUT2D eigenvalue weighted by Crippen LogP contribution is -2.32. The van der Waals surface area contributed by atoms with Crippen LogP contribution in [0, 0.1) is 0 Å². The Kier molecular flexibility index (Phi) is 6.26. The van der Waals surface area contributed by atoms with Crippen LogP contribution in [-0.4, -0.2) is 35.6 Å².